The molecule has 0 spiro atoms. The lowest BCUT2D eigenvalue weighted by Crippen LogP contribution is -2.28. The number of methoxy groups -OCH3 is 1. The highest BCUT2D eigenvalue weighted by atomic mass is 32.2. The molecule has 2 aromatic rings. The van der Waals surface area contributed by atoms with E-state index in [1.54, 1.807) is 13.3 Å². The summed E-state index contributed by atoms with van der Waals surface area (Å²) in [6.45, 7) is 1.94. The van der Waals surface area contributed by atoms with E-state index in [0.29, 0.717) is 11.8 Å². The standard InChI is InChI=1S/C18H22N2O3S/c1-12(20-24(21)22)10-15-11-16(15)13-5-7-14(8-6-13)18-17(23-2)4-3-9-19-18/h3-9,12,15-16,20H,10-11H2,1-2H3,(H,21,22). The van der Waals surface area contributed by atoms with E-state index in [-0.39, 0.29) is 6.04 Å². The molecule has 0 bridgehead atoms. The molecule has 128 valence electrons. The molecule has 0 aliphatic heterocycles. The van der Waals surface area contributed by atoms with Gasteiger partial charge in [0.1, 0.15) is 11.4 Å². The van der Waals surface area contributed by atoms with Crippen molar-refractivity contribution in [2.75, 3.05) is 7.11 Å². The highest BCUT2D eigenvalue weighted by Gasteiger charge is 2.38. The molecule has 1 saturated carbocycles. The number of benzene rings is 1. The van der Waals surface area contributed by atoms with E-state index in [4.69, 9.17) is 9.29 Å². The first kappa shape index (κ1) is 17.1. The average Bonchev–Trinajstić information content (AvgIpc) is 3.33. The maximum atomic E-state index is 10.8. The third-order valence-corrected chi connectivity index (χ3v) is 5.09. The summed E-state index contributed by atoms with van der Waals surface area (Å²) in [6.07, 6.45) is 3.81. The second-order valence-electron chi connectivity index (χ2n) is 6.28. The van der Waals surface area contributed by atoms with Gasteiger partial charge < -0.3 is 4.74 Å². The van der Waals surface area contributed by atoms with Crippen LogP contribution in [0.2, 0.25) is 0 Å². The molecule has 1 aliphatic carbocycles. The van der Waals surface area contributed by atoms with Gasteiger partial charge in [0.2, 0.25) is 11.3 Å². The number of nitrogens with one attached hydrogen (secondary N) is 1. The van der Waals surface area contributed by atoms with E-state index in [2.05, 4.69) is 34.0 Å². The average molecular weight is 346 g/mol. The first-order valence-electron chi connectivity index (χ1n) is 8.05. The maximum Gasteiger partial charge on any atom is 0.231 e. The van der Waals surface area contributed by atoms with Crippen molar-refractivity contribution in [3.63, 3.8) is 0 Å². The van der Waals surface area contributed by atoms with Crippen LogP contribution in [-0.2, 0) is 11.3 Å². The van der Waals surface area contributed by atoms with Crippen LogP contribution in [0.15, 0.2) is 42.6 Å². The van der Waals surface area contributed by atoms with Crippen LogP contribution < -0.4 is 9.46 Å². The number of hydrogen-bond donors (Lipinski definition) is 2. The van der Waals surface area contributed by atoms with Crippen LogP contribution in [0.25, 0.3) is 11.3 Å². The van der Waals surface area contributed by atoms with Gasteiger partial charge in [-0.15, -0.1) is 0 Å². The minimum Gasteiger partial charge on any atom is -0.494 e. The normalized spacial score (nSPS) is 22.0. The fraction of sp³-hybridized carbons (Fsp3) is 0.389. The van der Waals surface area contributed by atoms with E-state index < -0.39 is 11.3 Å². The molecule has 0 radical (unpaired) electrons. The van der Waals surface area contributed by atoms with Gasteiger partial charge in [0, 0.05) is 17.8 Å². The number of pyridine rings is 1. The summed E-state index contributed by atoms with van der Waals surface area (Å²) in [7, 11) is 1.65. The third-order valence-electron chi connectivity index (χ3n) is 4.48. The van der Waals surface area contributed by atoms with E-state index in [1.807, 2.05) is 19.1 Å². The molecular weight excluding hydrogens is 324 g/mol. The molecule has 3 rings (SSSR count). The minimum absolute atomic E-state index is 0.0443. The Kier molecular flexibility index (Phi) is 5.28. The minimum atomic E-state index is -1.94. The zero-order valence-corrected chi connectivity index (χ0v) is 14.6. The lowest BCUT2D eigenvalue weighted by atomic mass is 10.0. The monoisotopic (exact) mass is 346 g/mol. The van der Waals surface area contributed by atoms with Crippen LogP contribution in [0.5, 0.6) is 5.75 Å². The molecule has 1 fully saturated rings. The highest BCUT2D eigenvalue weighted by Crippen LogP contribution is 2.50. The van der Waals surface area contributed by atoms with Crippen molar-refractivity contribution < 1.29 is 13.5 Å². The van der Waals surface area contributed by atoms with Crippen molar-refractivity contribution in [1.29, 1.82) is 0 Å². The number of rotatable bonds is 7. The van der Waals surface area contributed by atoms with Crippen molar-refractivity contribution in [1.82, 2.24) is 9.71 Å². The second-order valence-corrected chi connectivity index (χ2v) is 7.02. The zero-order chi connectivity index (χ0) is 17.1. The molecule has 0 amide bonds. The number of hydrogen-bond acceptors (Lipinski definition) is 3. The van der Waals surface area contributed by atoms with Gasteiger partial charge in [-0.3, -0.25) is 9.54 Å². The van der Waals surface area contributed by atoms with Gasteiger partial charge in [0.15, 0.2) is 0 Å². The summed E-state index contributed by atoms with van der Waals surface area (Å²) < 4.78 is 27.6. The molecule has 1 aliphatic rings. The Balaban J connectivity index is 1.65. The molecule has 4 unspecified atom stereocenters. The van der Waals surface area contributed by atoms with E-state index in [1.165, 1.54) is 5.56 Å². The molecule has 0 saturated heterocycles. The zero-order valence-electron chi connectivity index (χ0n) is 13.8. The van der Waals surface area contributed by atoms with Crippen LogP contribution in [0.3, 0.4) is 0 Å². The Labute approximate surface area is 144 Å². The lowest BCUT2D eigenvalue weighted by molar-refractivity contribution is 0.415. The smallest absolute Gasteiger partial charge is 0.231 e. The maximum absolute atomic E-state index is 10.8. The molecule has 1 aromatic heterocycles. The fourth-order valence-electron chi connectivity index (χ4n) is 3.25. The molecule has 1 aromatic carbocycles. The van der Waals surface area contributed by atoms with Crippen molar-refractivity contribution in [3.8, 4) is 17.0 Å². The van der Waals surface area contributed by atoms with Crippen molar-refractivity contribution >= 4 is 11.3 Å². The second kappa shape index (κ2) is 7.42. The van der Waals surface area contributed by atoms with E-state index in [0.717, 1.165) is 29.8 Å². The van der Waals surface area contributed by atoms with Crippen molar-refractivity contribution in [3.05, 3.63) is 48.2 Å². The molecule has 24 heavy (non-hydrogen) atoms. The van der Waals surface area contributed by atoms with Gasteiger partial charge in [-0.05, 0) is 49.3 Å². The van der Waals surface area contributed by atoms with Gasteiger partial charge in [0.25, 0.3) is 0 Å². The first-order valence-corrected chi connectivity index (χ1v) is 9.15. The van der Waals surface area contributed by atoms with Crippen LogP contribution in [-0.4, -0.2) is 26.9 Å². The Morgan fingerprint density at radius 2 is 2.12 bits per heavy atom. The Morgan fingerprint density at radius 3 is 2.79 bits per heavy atom. The summed E-state index contributed by atoms with van der Waals surface area (Å²) in [5.41, 5.74) is 3.21. The van der Waals surface area contributed by atoms with E-state index in [9.17, 15) is 4.21 Å². The Morgan fingerprint density at radius 1 is 1.38 bits per heavy atom. The van der Waals surface area contributed by atoms with Gasteiger partial charge in [-0.2, -0.15) is 0 Å². The van der Waals surface area contributed by atoms with Crippen molar-refractivity contribution in [2.24, 2.45) is 5.92 Å². The summed E-state index contributed by atoms with van der Waals surface area (Å²) >= 11 is -1.94. The van der Waals surface area contributed by atoms with E-state index >= 15 is 0 Å². The third kappa shape index (κ3) is 4.01. The van der Waals surface area contributed by atoms with Crippen molar-refractivity contribution in [2.45, 2.75) is 31.7 Å². The molecule has 1 heterocycles. The van der Waals surface area contributed by atoms with Crippen LogP contribution in [0.1, 0.15) is 31.2 Å². The fourth-order valence-corrected chi connectivity index (χ4v) is 3.69. The Hall–Kier alpha value is -1.76. The summed E-state index contributed by atoms with van der Waals surface area (Å²) in [5.74, 6) is 1.89. The van der Waals surface area contributed by atoms with Crippen LogP contribution >= 0.6 is 0 Å². The van der Waals surface area contributed by atoms with Gasteiger partial charge in [-0.25, -0.2) is 8.93 Å². The van der Waals surface area contributed by atoms with Gasteiger partial charge in [-0.1, -0.05) is 24.3 Å². The lowest BCUT2D eigenvalue weighted by Gasteiger charge is -2.10. The summed E-state index contributed by atoms with van der Waals surface area (Å²) in [4.78, 5) is 4.41. The summed E-state index contributed by atoms with van der Waals surface area (Å²) in [6, 6.07) is 12.3. The molecule has 6 heteroatoms. The van der Waals surface area contributed by atoms with Crippen LogP contribution in [0, 0.1) is 5.92 Å². The van der Waals surface area contributed by atoms with Crippen LogP contribution in [0.4, 0.5) is 0 Å². The highest BCUT2D eigenvalue weighted by molar-refractivity contribution is 7.77. The molecule has 5 nitrogen and oxygen atoms in total. The summed E-state index contributed by atoms with van der Waals surface area (Å²) in [5, 5.41) is 0. The quantitative estimate of drug-likeness (QED) is 0.754. The van der Waals surface area contributed by atoms with Gasteiger partial charge >= 0.3 is 0 Å². The predicted molar refractivity (Wildman–Crippen MR) is 95.1 cm³/mol. The topological polar surface area (TPSA) is 71.5 Å². The predicted octanol–water partition coefficient (Wildman–Crippen LogP) is 3.37. The largest absolute Gasteiger partial charge is 0.494 e. The SMILES string of the molecule is COc1cccnc1-c1ccc(C2CC2CC(C)NS(=O)O)cc1. The molecular formula is C18H22N2O3S. The first-order chi connectivity index (χ1) is 11.6. The number of ether oxygens (including phenoxy) is 1. The van der Waals surface area contributed by atoms with Gasteiger partial charge in [0.05, 0.1) is 7.11 Å². The number of aromatic nitrogens is 1. The Bertz CT molecular complexity index is 720. The number of nitrogens with zero attached hydrogens (tertiary/aromatic N) is 1. The molecule has 4 atom stereocenters. The molecule has 2 N–H and O–H groups in total.